The van der Waals surface area contributed by atoms with Crippen molar-refractivity contribution < 1.29 is 38.1 Å². The second-order valence-electron chi connectivity index (χ2n) is 9.57. The van der Waals surface area contributed by atoms with Crippen molar-refractivity contribution in [1.29, 1.82) is 0 Å². The summed E-state index contributed by atoms with van der Waals surface area (Å²) in [6.07, 6.45) is 0. The van der Waals surface area contributed by atoms with Crippen molar-refractivity contribution >= 4 is 23.9 Å². The van der Waals surface area contributed by atoms with E-state index in [1.165, 1.54) is 27.7 Å². The SMILES string of the molecule is C=C(C)C(=O)Oc1ccc(-c2cc(OC(=O)C(=C)C)c(-c3ccc(OC(=O)C(=C)C)cc3)cc2OC(=O)C(=C)C)cc1. The van der Waals surface area contributed by atoms with Crippen molar-refractivity contribution in [2.75, 3.05) is 0 Å². The van der Waals surface area contributed by atoms with Gasteiger partial charge in [0, 0.05) is 33.4 Å². The van der Waals surface area contributed by atoms with E-state index in [1.807, 2.05) is 0 Å². The highest BCUT2D eigenvalue weighted by atomic mass is 16.5. The molecule has 0 bridgehead atoms. The number of benzene rings is 3. The van der Waals surface area contributed by atoms with E-state index in [2.05, 4.69) is 26.3 Å². The first-order valence-electron chi connectivity index (χ1n) is 12.7. The molecule has 8 heteroatoms. The number of esters is 4. The Kier molecular flexibility index (Phi) is 9.78. The highest BCUT2D eigenvalue weighted by Crippen LogP contribution is 2.42. The monoisotopic (exact) mass is 566 g/mol. The second-order valence-corrected chi connectivity index (χ2v) is 9.57. The fraction of sp³-hybridized carbons (Fsp3) is 0.118. The molecule has 0 saturated carbocycles. The molecular formula is C34H30O8. The minimum atomic E-state index is -0.664. The van der Waals surface area contributed by atoms with Crippen LogP contribution in [0.4, 0.5) is 0 Å². The zero-order valence-corrected chi connectivity index (χ0v) is 23.9. The van der Waals surface area contributed by atoms with Crippen LogP contribution in [0.5, 0.6) is 23.0 Å². The van der Waals surface area contributed by atoms with E-state index in [0.29, 0.717) is 22.3 Å². The first kappa shape index (κ1) is 31.0. The number of hydrogen-bond acceptors (Lipinski definition) is 8. The van der Waals surface area contributed by atoms with Gasteiger partial charge >= 0.3 is 23.9 Å². The molecule has 0 radical (unpaired) electrons. The van der Waals surface area contributed by atoms with Crippen LogP contribution < -0.4 is 18.9 Å². The van der Waals surface area contributed by atoms with Crippen molar-refractivity contribution in [3.8, 4) is 45.3 Å². The largest absolute Gasteiger partial charge is 0.423 e. The Labute approximate surface area is 244 Å². The van der Waals surface area contributed by atoms with Gasteiger partial charge in [0.05, 0.1) is 0 Å². The maximum atomic E-state index is 12.6. The van der Waals surface area contributed by atoms with Gasteiger partial charge in [0.25, 0.3) is 0 Å². The Hall–Kier alpha value is -5.50. The quantitative estimate of drug-likeness (QED) is 0.148. The van der Waals surface area contributed by atoms with E-state index in [4.69, 9.17) is 18.9 Å². The topological polar surface area (TPSA) is 105 Å². The molecule has 0 saturated heterocycles. The number of carbonyl (C=O) groups excluding carboxylic acids is 4. The normalized spacial score (nSPS) is 10.2. The molecule has 3 aromatic carbocycles. The third-order valence-corrected chi connectivity index (χ3v) is 5.63. The predicted molar refractivity (Wildman–Crippen MR) is 159 cm³/mol. The molecule has 0 atom stereocenters. The molecule has 0 amide bonds. The van der Waals surface area contributed by atoms with Gasteiger partial charge in [-0.1, -0.05) is 50.6 Å². The lowest BCUT2D eigenvalue weighted by Crippen LogP contribution is -2.11. The molecule has 0 heterocycles. The third kappa shape index (κ3) is 7.79. The maximum absolute atomic E-state index is 12.6. The fourth-order valence-electron chi connectivity index (χ4n) is 3.35. The Morgan fingerprint density at radius 2 is 0.714 bits per heavy atom. The van der Waals surface area contributed by atoms with E-state index < -0.39 is 23.9 Å². The Morgan fingerprint density at radius 3 is 0.976 bits per heavy atom. The van der Waals surface area contributed by atoms with Gasteiger partial charge in [0.15, 0.2) is 0 Å². The first-order chi connectivity index (χ1) is 19.8. The Balaban J connectivity index is 2.17. The minimum absolute atomic E-state index is 0.151. The zero-order valence-electron chi connectivity index (χ0n) is 23.9. The number of carbonyl (C=O) groups is 4. The lowest BCUT2D eigenvalue weighted by Gasteiger charge is -2.17. The summed E-state index contributed by atoms with van der Waals surface area (Å²) in [6, 6.07) is 16.0. The molecular weight excluding hydrogens is 536 g/mol. The van der Waals surface area contributed by atoms with Crippen LogP contribution in [-0.4, -0.2) is 23.9 Å². The molecule has 0 spiro atoms. The molecule has 0 aliphatic carbocycles. The molecule has 42 heavy (non-hydrogen) atoms. The number of rotatable bonds is 10. The van der Waals surface area contributed by atoms with Crippen LogP contribution in [0, 0.1) is 0 Å². The van der Waals surface area contributed by atoms with Crippen LogP contribution in [0.15, 0.2) is 109 Å². The highest BCUT2D eigenvalue weighted by molar-refractivity contribution is 5.94. The highest BCUT2D eigenvalue weighted by Gasteiger charge is 2.21. The van der Waals surface area contributed by atoms with E-state index in [-0.39, 0.29) is 45.3 Å². The summed E-state index contributed by atoms with van der Waals surface area (Å²) in [4.78, 5) is 49.0. The molecule has 0 fully saturated rings. The first-order valence-corrected chi connectivity index (χ1v) is 12.7. The predicted octanol–water partition coefficient (Wildman–Crippen LogP) is 6.95. The lowest BCUT2D eigenvalue weighted by atomic mass is 9.97. The van der Waals surface area contributed by atoms with Crippen molar-refractivity contribution in [3.05, 3.63) is 109 Å². The lowest BCUT2D eigenvalue weighted by molar-refractivity contribution is -0.131. The van der Waals surface area contributed by atoms with Gasteiger partial charge in [-0.05, 0) is 75.2 Å². The molecule has 0 unspecified atom stereocenters. The smallest absolute Gasteiger partial charge is 0.338 e. The Morgan fingerprint density at radius 1 is 0.452 bits per heavy atom. The van der Waals surface area contributed by atoms with Gasteiger partial charge in [-0.15, -0.1) is 0 Å². The summed E-state index contributed by atoms with van der Waals surface area (Å²) < 4.78 is 21.9. The molecule has 0 aliphatic rings. The summed E-state index contributed by atoms with van der Waals surface area (Å²) in [6.45, 7) is 20.6. The second kappa shape index (κ2) is 13.2. The molecule has 0 aromatic heterocycles. The summed E-state index contributed by atoms with van der Waals surface area (Å²) in [5.74, 6) is -1.60. The standard InChI is InChI=1S/C34H30O8/c1-19(2)31(35)39-25-13-9-23(10-14-25)27-17-30(42-34(38)22(7)8)28(18-29(27)41-33(37)21(5)6)24-11-15-26(16-12-24)40-32(36)20(3)4/h9-18H,1,3,5,7H2,2,4,6,8H3. The summed E-state index contributed by atoms with van der Waals surface area (Å²) in [7, 11) is 0. The average molecular weight is 567 g/mol. The van der Waals surface area contributed by atoms with Crippen molar-refractivity contribution in [2.24, 2.45) is 0 Å². The van der Waals surface area contributed by atoms with Crippen molar-refractivity contribution in [1.82, 2.24) is 0 Å². The molecule has 214 valence electrons. The number of ether oxygens (including phenoxy) is 4. The molecule has 0 aliphatic heterocycles. The van der Waals surface area contributed by atoms with Gasteiger partial charge in [-0.3, -0.25) is 0 Å². The van der Waals surface area contributed by atoms with Crippen LogP contribution in [0.1, 0.15) is 27.7 Å². The van der Waals surface area contributed by atoms with E-state index >= 15 is 0 Å². The van der Waals surface area contributed by atoms with Crippen LogP contribution >= 0.6 is 0 Å². The van der Waals surface area contributed by atoms with Crippen LogP contribution in [0.25, 0.3) is 22.3 Å². The van der Waals surface area contributed by atoms with Gasteiger partial charge < -0.3 is 18.9 Å². The van der Waals surface area contributed by atoms with Crippen LogP contribution in [0.2, 0.25) is 0 Å². The van der Waals surface area contributed by atoms with Gasteiger partial charge in [0.2, 0.25) is 0 Å². The average Bonchev–Trinajstić information content (AvgIpc) is 2.94. The minimum Gasteiger partial charge on any atom is -0.423 e. The van der Waals surface area contributed by atoms with E-state index in [0.717, 1.165) is 0 Å². The molecule has 8 nitrogen and oxygen atoms in total. The fourth-order valence-corrected chi connectivity index (χ4v) is 3.35. The van der Waals surface area contributed by atoms with Crippen molar-refractivity contribution in [3.63, 3.8) is 0 Å². The maximum Gasteiger partial charge on any atom is 0.338 e. The van der Waals surface area contributed by atoms with E-state index in [1.54, 1.807) is 60.7 Å². The van der Waals surface area contributed by atoms with Gasteiger partial charge in [0.1, 0.15) is 23.0 Å². The molecule has 3 aromatic rings. The zero-order chi connectivity index (χ0) is 31.1. The number of hydrogen-bond donors (Lipinski definition) is 0. The third-order valence-electron chi connectivity index (χ3n) is 5.63. The Bertz CT molecular complexity index is 1500. The van der Waals surface area contributed by atoms with Crippen molar-refractivity contribution in [2.45, 2.75) is 27.7 Å². The summed E-state index contributed by atoms with van der Waals surface area (Å²) in [5, 5.41) is 0. The molecule has 3 rings (SSSR count). The summed E-state index contributed by atoms with van der Waals surface area (Å²) in [5.41, 5.74) is 2.78. The van der Waals surface area contributed by atoms with Gasteiger partial charge in [-0.2, -0.15) is 0 Å². The van der Waals surface area contributed by atoms with E-state index in [9.17, 15) is 19.2 Å². The summed E-state index contributed by atoms with van der Waals surface area (Å²) >= 11 is 0. The van der Waals surface area contributed by atoms with Crippen LogP contribution in [0.3, 0.4) is 0 Å². The molecule has 0 N–H and O–H groups in total. The van der Waals surface area contributed by atoms with Crippen LogP contribution in [-0.2, 0) is 19.2 Å². The van der Waals surface area contributed by atoms with Gasteiger partial charge in [-0.25, -0.2) is 19.2 Å².